The van der Waals surface area contributed by atoms with Crippen LogP contribution in [0.15, 0.2) is 82.4 Å². The molecule has 0 aliphatic carbocycles. The van der Waals surface area contributed by atoms with E-state index in [0.717, 1.165) is 55.2 Å². The van der Waals surface area contributed by atoms with E-state index in [-0.39, 0.29) is 17.7 Å². The van der Waals surface area contributed by atoms with Crippen molar-refractivity contribution in [1.82, 2.24) is 29.9 Å². The van der Waals surface area contributed by atoms with Crippen LogP contribution in [0.2, 0.25) is 0 Å². The van der Waals surface area contributed by atoms with E-state index in [2.05, 4.69) is 20.5 Å². The fourth-order valence-electron chi connectivity index (χ4n) is 4.85. The molecule has 10 heteroatoms. The van der Waals surface area contributed by atoms with Crippen molar-refractivity contribution in [3.05, 3.63) is 101 Å². The maximum Gasteiger partial charge on any atom is 0.267 e. The highest BCUT2D eigenvalue weighted by Crippen LogP contribution is 2.27. The summed E-state index contributed by atoms with van der Waals surface area (Å²) in [5.74, 6) is 0.264. The van der Waals surface area contributed by atoms with Gasteiger partial charge in [-0.1, -0.05) is 12.1 Å². The normalized spacial score (nSPS) is 14.1. The number of hydrogen-bond donors (Lipinski definition) is 1. The van der Waals surface area contributed by atoms with Crippen LogP contribution < -0.4 is 10.9 Å². The highest BCUT2D eigenvalue weighted by atomic mass is 19.1. The van der Waals surface area contributed by atoms with Crippen LogP contribution in [0, 0.1) is 17.6 Å². The van der Waals surface area contributed by atoms with Crippen LogP contribution in [0.25, 0.3) is 34.0 Å². The molecule has 39 heavy (non-hydrogen) atoms. The number of nitrogens with one attached hydrogen (secondary N) is 1. The van der Waals surface area contributed by atoms with E-state index in [4.69, 9.17) is 4.42 Å². The quantitative estimate of drug-likeness (QED) is 0.328. The summed E-state index contributed by atoms with van der Waals surface area (Å²) in [6.07, 6.45) is 7.75. The topological polar surface area (TPSA) is 90.8 Å². The molecule has 0 unspecified atom stereocenters. The van der Waals surface area contributed by atoms with Gasteiger partial charge in [-0.25, -0.2) is 18.4 Å². The summed E-state index contributed by atoms with van der Waals surface area (Å²) in [6, 6.07) is 13.4. The minimum Gasteiger partial charge on any atom is -0.436 e. The van der Waals surface area contributed by atoms with Crippen LogP contribution in [-0.2, 0) is 13.1 Å². The molecule has 5 aromatic rings. The molecule has 3 aromatic heterocycles. The Bertz CT molecular complexity index is 1650. The van der Waals surface area contributed by atoms with Crippen molar-refractivity contribution in [2.75, 3.05) is 13.1 Å². The summed E-state index contributed by atoms with van der Waals surface area (Å²) in [4.78, 5) is 17.0. The second kappa shape index (κ2) is 10.7. The van der Waals surface area contributed by atoms with Gasteiger partial charge in [-0.2, -0.15) is 10.2 Å². The Morgan fingerprint density at radius 2 is 1.77 bits per heavy atom. The van der Waals surface area contributed by atoms with E-state index in [1.165, 1.54) is 28.9 Å². The van der Waals surface area contributed by atoms with Crippen molar-refractivity contribution in [3.8, 4) is 34.0 Å². The molecule has 1 fully saturated rings. The molecule has 0 bridgehead atoms. The van der Waals surface area contributed by atoms with Crippen molar-refractivity contribution >= 4 is 0 Å². The molecule has 1 aliphatic heterocycles. The molecule has 1 saturated heterocycles. The van der Waals surface area contributed by atoms with Gasteiger partial charge in [0.05, 0.1) is 30.2 Å². The maximum atomic E-state index is 13.7. The highest BCUT2D eigenvalue weighted by molar-refractivity contribution is 5.61. The lowest BCUT2D eigenvalue weighted by Gasteiger charge is -2.22. The summed E-state index contributed by atoms with van der Waals surface area (Å²) in [5, 5.41) is 12.2. The highest BCUT2D eigenvalue weighted by Gasteiger charge is 2.16. The average molecular weight is 529 g/mol. The van der Waals surface area contributed by atoms with Gasteiger partial charge in [-0.15, -0.1) is 0 Å². The van der Waals surface area contributed by atoms with Crippen molar-refractivity contribution in [2.24, 2.45) is 5.92 Å². The second-order valence-corrected chi connectivity index (χ2v) is 9.75. The molecule has 6 rings (SSSR count). The van der Waals surface area contributed by atoms with Gasteiger partial charge in [0, 0.05) is 36.0 Å². The first-order valence-electron chi connectivity index (χ1n) is 12.8. The number of hydrogen-bond acceptors (Lipinski definition) is 6. The molecule has 0 radical (unpaired) electrons. The zero-order valence-corrected chi connectivity index (χ0v) is 21.1. The lowest BCUT2D eigenvalue weighted by atomic mass is 9.98. The van der Waals surface area contributed by atoms with Gasteiger partial charge in [0.15, 0.2) is 5.76 Å². The third-order valence-electron chi connectivity index (χ3n) is 6.86. The van der Waals surface area contributed by atoms with Gasteiger partial charge >= 0.3 is 0 Å². The Morgan fingerprint density at radius 3 is 2.59 bits per heavy atom. The first-order valence-corrected chi connectivity index (χ1v) is 12.8. The standard InChI is InChI=1S/C29H26F2N6O2/c30-24-11-22(12-25(31)13-24)26-4-5-28(38)37(35-26)17-20-2-1-3-21(10-20)29-33-15-27(39-29)23-14-34-36(18-23)16-19-6-8-32-9-7-19/h1-5,10-15,18-19,32H,6-9,16-17H2. The minimum atomic E-state index is -0.711. The second-order valence-electron chi connectivity index (χ2n) is 9.75. The van der Waals surface area contributed by atoms with E-state index >= 15 is 0 Å². The van der Waals surface area contributed by atoms with Gasteiger partial charge in [0.1, 0.15) is 11.6 Å². The van der Waals surface area contributed by atoms with Crippen LogP contribution in [0.1, 0.15) is 18.4 Å². The first kappa shape index (κ1) is 24.9. The molecule has 4 heterocycles. The molecule has 8 nitrogen and oxygen atoms in total. The lowest BCUT2D eigenvalue weighted by Crippen LogP contribution is -2.29. The summed E-state index contributed by atoms with van der Waals surface area (Å²) in [7, 11) is 0. The molecular formula is C29H26F2N6O2. The zero-order valence-electron chi connectivity index (χ0n) is 21.1. The number of nitrogens with zero attached hydrogens (tertiary/aromatic N) is 5. The van der Waals surface area contributed by atoms with Gasteiger partial charge in [0.2, 0.25) is 5.89 Å². The fourth-order valence-corrected chi connectivity index (χ4v) is 4.85. The monoisotopic (exact) mass is 528 g/mol. The predicted octanol–water partition coefficient (Wildman–Crippen LogP) is 4.75. The van der Waals surface area contributed by atoms with Crippen molar-refractivity contribution in [3.63, 3.8) is 0 Å². The smallest absolute Gasteiger partial charge is 0.267 e. The molecule has 2 aromatic carbocycles. The first-order chi connectivity index (χ1) is 19.0. The number of benzene rings is 2. The van der Waals surface area contributed by atoms with E-state index in [1.807, 2.05) is 35.1 Å². The van der Waals surface area contributed by atoms with Gasteiger partial charge in [-0.05, 0) is 67.7 Å². The van der Waals surface area contributed by atoms with Gasteiger partial charge < -0.3 is 9.73 Å². The third kappa shape index (κ3) is 5.70. The van der Waals surface area contributed by atoms with Crippen molar-refractivity contribution in [2.45, 2.75) is 25.9 Å². The lowest BCUT2D eigenvalue weighted by molar-refractivity contribution is 0.321. The van der Waals surface area contributed by atoms with Crippen LogP contribution in [-0.4, -0.2) is 37.6 Å². The Hall–Kier alpha value is -4.44. The van der Waals surface area contributed by atoms with Gasteiger partial charge in [0.25, 0.3) is 5.56 Å². The van der Waals surface area contributed by atoms with Crippen LogP contribution in [0.3, 0.4) is 0 Å². The van der Waals surface area contributed by atoms with E-state index < -0.39 is 11.6 Å². The Morgan fingerprint density at radius 1 is 0.949 bits per heavy atom. The maximum absolute atomic E-state index is 13.7. The molecule has 0 atom stereocenters. The van der Waals surface area contributed by atoms with E-state index in [1.54, 1.807) is 12.4 Å². The molecule has 1 aliphatic rings. The van der Waals surface area contributed by atoms with Crippen molar-refractivity contribution < 1.29 is 13.2 Å². The van der Waals surface area contributed by atoms with Gasteiger partial charge in [-0.3, -0.25) is 9.48 Å². The molecule has 0 amide bonds. The Balaban J connectivity index is 1.20. The molecule has 1 N–H and O–H groups in total. The number of rotatable bonds is 7. The minimum absolute atomic E-state index is 0.162. The summed E-state index contributed by atoms with van der Waals surface area (Å²) < 4.78 is 36.7. The van der Waals surface area contributed by atoms with Crippen LogP contribution in [0.4, 0.5) is 8.78 Å². The Labute approximate surface area is 222 Å². The summed E-state index contributed by atoms with van der Waals surface area (Å²) in [5.41, 5.74) is 2.61. The molecule has 0 spiro atoms. The molecule has 198 valence electrons. The SMILES string of the molecule is O=c1ccc(-c2cc(F)cc(F)c2)nn1Cc1cccc(-c2ncc(-c3cnn(CC4CCNCC4)c3)o2)c1. The number of oxazole rings is 1. The zero-order chi connectivity index (χ0) is 26.8. The van der Waals surface area contributed by atoms with E-state index in [0.29, 0.717) is 23.3 Å². The third-order valence-corrected chi connectivity index (χ3v) is 6.86. The Kier molecular flexibility index (Phi) is 6.85. The van der Waals surface area contributed by atoms with Crippen LogP contribution in [0.5, 0.6) is 0 Å². The number of aromatic nitrogens is 5. The summed E-state index contributed by atoms with van der Waals surface area (Å²) in [6.45, 7) is 3.14. The van der Waals surface area contributed by atoms with Crippen LogP contribution >= 0.6 is 0 Å². The molecule has 0 saturated carbocycles. The van der Waals surface area contributed by atoms with E-state index in [9.17, 15) is 13.6 Å². The predicted molar refractivity (Wildman–Crippen MR) is 142 cm³/mol. The molecular weight excluding hydrogens is 502 g/mol. The van der Waals surface area contributed by atoms with Crippen molar-refractivity contribution in [1.29, 1.82) is 0 Å². The fraction of sp³-hybridized carbons (Fsp3) is 0.241. The number of piperidine rings is 1. The number of halogens is 2. The largest absolute Gasteiger partial charge is 0.436 e. The average Bonchev–Trinajstić information content (AvgIpc) is 3.60. The summed E-state index contributed by atoms with van der Waals surface area (Å²) >= 11 is 0.